The molecule has 1 saturated heterocycles. The number of nitrogens with zero attached hydrogens (tertiary/aromatic N) is 1. The Morgan fingerprint density at radius 1 is 1.31 bits per heavy atom. The number of carbonyl (C=O) groups is 1. The first-order valence-corrected chi connectivity index (χ1v) is 13.2. The van der Waals surface area contributed by atoms with Crippen LogP contribution in [0.15, 0.2) is 55.1 Å². The van der Waals surface area contributed by atoms with Crippen molar-refractivity contribution >= 4 is 18.0 Å². The van der Waals surface area contributed by atoms with E-state index in [-0.39, 0.29) is 19.1 Å². The first kappa shape index (κ1) is 26.8. The molecule has 2 aromatic rings. The smallest absolute Gasteiger partial charge is 0.209 e. The number of carbonyl (C=O) groups excluding carboxylic acids is 1. The summed E-state index contributed by atoms with van der Waals surface area (Å²) in [6.07, 6.45) is 4.43. The SMILES string of the molecule is C=CCC[C@@](O)(c1cccc(Cl)c1-c1cccc(CC)c1)[C@@]1([C@H]2C[C@@H](N)[C@@H](O)C2)CN(C=O)CCO1. The van der Waals surface area contributed by atoms with Gasteiger partial charge in [-0.2, -0.15) is 0 Å². The Morgan fingerprint density at radius 3 is 2.75 bits per heavy atom. The molecule has 0 unspecified atom stereocenters. The molecule has 1 aliphatic carbocycles. The quantitative estimate of drug-likeness (QED) is 0.348. The molecule has 1 amide bonds. The summed E-state index contributed by atoms with van der Waals surface area (Å²) >= 11 is 6.85. The molecule has 194 valence electrons. The zero-order valence-electron chi connectivity index (χ0n) is 20.9. The van der Waals surface area contributed by atoms with Gasteiger partial charge >= 0.3 is 0 Å². The lowest BCUT2D eigenvalue weighted by molar-refractivity contribution is -0.246. The summed E-state index contributed by atoms with van der Waals surface area (Å²) in [6, 6.07) is 13.3. The maximum absolute atomic E-state index is 12.9. The molecule has 6 nitrogen and oxygen atoms in total. The van der Waals surface area contributed by atoms with Crippen molar-refractivity contribution in [3.63, 3.8) is 0 Å². The van der Waals surface area contributed by atoms with E-state index in [1.54, 1.807) is 11.0 Å². The van der Waals surface area contributed by atoms with Gasteiger partial charge in [0.25, 0.3) is 0 Å². The molecular weight excluding hydrogens is 476 g/mol. The van der Waals surface area contributed by atoms with Gasteiger partial charge in [-0.15, -0.1) is 6.58 Å². The maximum Gasteiger partial charge on any atom is 0.209 e. The van der Waals surface area contributed by atoms with Crippen LogP contribution in [0.2, 0.25) is 5.02 Å². The predicted octanol–water partition coefficient (Wildman–Crippen LogP) is 4.05. The number of ether oxygens (including phenoxy) is 1. The maximum atomic E-state index is 12.9. The highest BCUT2D eigenvalue weighted by atomic mass is 35.5. The van der Waals surface area contributed by atoms with E-state index >= 15 is 0 Å². The molecule has 36 heavy (non-hydrogen) atoms. The number of aliphatic hydroxyl groups is 2. The molecular formula is C29H37ClN2O4. The van der Waals surface area contributed by atoms with Crippen molar-refractivity contribution in [3.05, 3.63) is 71.3 Å². The van der Waals surface area contributed by atoms with Crippen molar-refractivity contribution in [2.24, 2.45) is 11.7 Å². The average Bonchev–Trinajstić information content (AvgIpc) is 3.25. The Balaban J connectivity index is 1.97. The highest BCUT2D eigenvalue weighted by Gasteiger charge is 2.61. The van der Waals surface area contributed by atoms with Gasteiger partial charge in [-0.1, -0.05) is 61.0 Å². The summed E-state index contributed by atoms with van der Waals surface area (Å²) < 4.78 is 6.58. The van der Waals surface area contributed by atoms with E-state index in [1.807, 2.05) is 30.3 Å². The lowest BCUT2D eigenvalue weighted by Gasteiger charge is -2.55. The summed E-state index contributed by atoms with van der Waals surface area (Å²) in [5.74, 6) is -0.270. The van der Waals surface area contributed by atoms with E-state index in [0.29, 0.717) is 42.8 Å². The molecule has 2 fully saturated rings. The van der Waals surface area contributed by atoms with Crippen LogP contribution in [0, 0.1) is 5.92 Å². The van der Waals surface area contributed by atoms with Crippen molar-refractivity contribution in [2.45, 2.75) is 62.4 Å². The second-order valence-electron chi connectivity index (χ2n) is 10.1. The standard InChI is InChI=1S/C29H37ClN2O4/c1-3-5-12-28(35,23-10-7-11-24(30)27(23)21-9-6-8-20(4-2)15-21)29(18-32(19-33)13-14-36-29)22-16-25(31)26(34)17-22/h3,6-11,15,19,22,25-26,34-35H,1,4-5,12-14,16-18,31H2,2H3/t22-,25+,26-,28+,29-/m0/s1. The number of rotatable bonds is 9. The van der Waals surface area contributed by atoms with Crippen molar-refractivity contribution in [3.8, 4) is 11.1 Å². The molecule has 1 aliphatic heterocycles. The third kappa shape index (κ3) is 4.73. The number of hydrogen-bond donors (Lipinski definition) is 3. The van der Waals surface area contributed by atoms with Gasteiger partial charge < -0.3 is 25.6 Å². The number of aryl methyl sites for hydroxylation is 1. The molecule has 0 aromatic heterocycles. The average molecular weight is 513 g/mol. The van der Waals surface area contributed by atoms with Crippen LogP contribution in [-0.4, -0.2) is 59.0 Å². The van der Waals surface area contributed by atoms with Gasteiger partial charge in [-0.3, -0.25) is 4.79 Å². The van der Waals surface area contributed by atoms with Gasteiger partial charge in [0, 0.05) is 23.2 Å². The Labute approximate surface area is 218 Å². The normalized spacial score (nSPS) is 28.0. The monoisotopic (exact) mass is 512 g/mol. The third-order valence-electron chi connectivity index (χ3n) is 8.05. The van der Waals surface area contributed by atoms with E-state index in [2.05, 4.69) is 25.6 Å². The van der Waals surface area contributed by atoms with Crippen LogP contribution in [0.4, 0.5) is 0 Å². The summed E-state index contributed by atoms with van der Waals surface area (Å²) in [5, 5.41) is 24.1. The summed E-state index contributed by atoms with van der Waals surface area (Å²) in [7, 11) is 0. The minimum Gasteiger partial charge on any atom is -0.392 e. The molecule has 5 atom stereocenters. The summed E-state index contributed by atoms with van der Waals surface area (Å²) in [6.45, 7) is 6.89. The van der Waals surface area contributed by atoms with Crippen molar-refractivity contribution in [1.29, 1.82) is 0 Å². The molecule has 2 aromatic carbocycles. The van der Waals surface area contributed by atoms with Crippen molar-refractivity contribution in [2.75, 3.05) is 19.7 Å². The van der Waals surface area contributed by atoms with Gasteiger partial charge in [-0.05, 0) is 60.8 Å². The molecule has 2 aliphatic rings. The van der Waals surface area contributed by atoms with Gasteiger partial charge in [0.15, 0.2) is 0 Å². The van der Waals surface area contributed by atoms with Gasteiger partial charge in [0.2, 0.25) is 6.41 Å². The number of benzene rings is 2. The lowest BCUT2D eigenvalue weighted by Crippen LogP contribution is -2.66. The zero-order chi connectivity index (χ0) is 25.9. The van der Waals surface area contributed by atoms with Gasteiger partial charge in [0.05, 0.1) is 19.3 Å². The fourth-order valence-electron chi connectivity index (χ4n) is 6.12. The van der Waals surface area contributed by atoms with E-state index in [4.69, 9.17) is 22.1 Å². The van der Waals surface area contributed by atoms with E-state index in [0.717, 1.165) is 29.5 Å². The topological polar surface area (TPSA) is 96.0 Å². The summed E-state index contributed by atoms with van der Waals surface area (Å²) in [5.41, 5.74) is 6.99. The fraction of sp³-hybridized carbons (Fsp3) is 0.483. The number of amides is 1. The molecule has 4 N–H and O–H groups in total. The number of nitrogens with two attached hydrogens (primary N) is 1. The van der Waals surface area contributed by atoms with E-state index in [9.17, 15) is 15.0 Å². The molecule has 0 bridgehead atoms. The van der Waals surface area contributed by atoms with Crippen LogP contribution in [0.5, 0.6) is 0 Å². The minimum absolute atomic E-state index is 0.190. The van der Waals surface area contributed by atoms with Gasteiger partial charge in [0.1, 0.15) is 11.2 Å². The van der Waals surface area contributed by atoms with Crippen LogP contribution >= 0.6 is 11.6 Å². The van der Waals surface area contributed by atoms with Crippen molar-refractivity contribution in [1.82, 2.24) is 4.90 Å². The Kier molecular flexibility index (Phi) is 8.22. The Hall–Kier alpha value is -2.22. The number of halogens is 1. The number of allylic oxidation sites excluding steroid dienone is 1. The second kappa shape index (κ2) is 11.0. The van der Waals surface area contributed by atoms with Crippen LogP contribution in [0.3, 0.4) is 0 Å². The predicted molar refractivity (Wildman–Crippen MR) is 143 cm³/mol. The summed E-state index contributed by atoms with van der Waals surface area (Å²) in [4.78, 5) is 13.6. The largest absolute Gasteiger partial charge is 0.392 e. The molecule has 1 heterocycles. The third-order valence-corrected chi connectivity index (χ3v) is 8.37. The second-order valence-corrected chi connectivity index (χ2v) is 10.5. The number of morpholine rings is 1. The van der Waals surface area contributed by atoms with E-state index < -0.39 is 23.3 Å². The fourth-order valence-corrected chi connectivity index (χ4v) is 6.40. The zero-order valence-corrected chi connectivity index (χ0v) is 21.7. The number of aliphatic hydroxyl groups excluding tert-OH is 1. The molecule has 0 radical (unpaired) electrons. The highest BCUT2D eigenvalue weighted by Crippen LogP contribution is 2.53. The Morgan fingerprint density at radius 2 is 2.08 bits per heavy atom. The van der Waals surface area contributed by atoms with Crippen LogP contribution < -0.4 is 5.73 Å². The lowest BCUT2D eigenvalue weighted by atomic mass is 9.65. The Bertz CT molecular complexity index is 1080. The van der Waals surface area contributed by atoms with Crippen LogP contribution in [0.1, 0.15) is 43.7 Å². The van der Waals surface area contributed by atoms with E-state index in [1.165, 1.54) is 0 Å². The first-order chi connectivity index (χ1) is 17.3. The molecule has 4 rings (SSSR count). The molecule has 0 spiro atoms. The molecule has 7 heteroatoms. The highest BCUT2D eigenvalue weighted by molar-refractivity contribution is 6.33. The number of hydrogen-bond acceptors (Lipinski definition) is 5. The minimum atomic E-state index is -1.54. The van der Waals surface area contributed by atoms with Crippen LogP contribution in [-0.2, 0) is 21.6 Å². The molecule has 1 saturated carbocycles. The van der Waals surface area contributed by atoms with Gasteiger partial charge in [-0.25, -0.2) is 0 Å². The first-order valence-electron chi connectivity index (χ1n) is 12.8. The van der Waals surface area contributed by atoms with Crippen LogP contribution in [0.25, 0.3) is 11.1 Å². The van der Waals surface area contributed by atoms with Crippen molar-refractivity contribution < 1.29 is 19.7 Å².